The molecule has 3 N–H and O–H groups in total. The van der Waals surface area contributed by atoms with Gasteiger partial charge in [-0.05, 0) is 63.2 Å². The molecular weight excluding hydrogens is 244 g/mol. The van der Waals surface area contributed by atoms with Gasteiger partial charge in [-0.1, -0.05) is 0 Å². The van der Waals surface area contributed by atoms with Crippen molar-refractivity contribution in [1.29, 1.82) is 0 Å². The van der Waals surface area contributed by atoms with Gasteiger partial charge < -0.3 is 15.7 Å². The second-order valence-corrected chi connectivity index (χ2v) is 6.86. The third-order valence-electron chi connectivity index (χ3n) is 5.13. The number of hydrogen-bond acceptors (Lipinski definition) is 2. The molecule has 4 fully saturated rings. The smallest absolute Gasteiger partial charge is 0.325 e. The first-order valence-corrected chi connectivity index (χ1v) is 7.27. The molecule has 0 aliphatic heterocycles. The minimum Gasteiger partial charge on any atom is -0.480 e. The topological polar surface area (TPSA) is 78.4 Å². The van der Waals surface area contributed by atoms with Gasteiger partial charge in [0.15, 0.2) is 0 Å². The molecule has 0 aromatic rings. The number of carbonyl (C=O) groups is 2. The van der Waals surface area contributed by atoms with Crippen LogP contribution in [0.15, 0.2) is 0 Å². The summed E-state index contributed by atoms with van der Waals surface area (Å²) in [6.45, 7) is 1.49. The molecule has 0 radical (unpaired) electrons. The number of aliphatic carboxylic acids is 1. The molecule has 4 aliphatic carbocycles. The fraction of sp³-hybridized carbons (Fsp3) is 0.857. The number of amides is 2. The van der Waals surface area contributed by atoms with Crippen molar-refractivity contribution in [3.05, 3.63) is 0 Å². The number of carboxylic acids is 1. The molecule has 0 saturated heterocycles. The number of hydrogen-bond donors (Lipinski definition) is 3. The lowest BCUT2D eigenvalue weighted by Gasteiger charge is -2.56. The second kappa shape index (κ2) is 4.39. The van der Waals surface area contributed by atoms with Crippen molar-refractivity contribution >= 4 is 12.0 Å². The first kappa shape index (κ1) is 12.8. The molecule has 106 valence electrons. The lowest BCUT2D eigenvalue weighted by molar-refractivity contribution is -0.138. The number of rotatable bonds is 3. The van der Waals surface area contributed by atoms with E-state index in [1.165, 1.54) is 26.2 Å². The van der Waals surface area contributed by atoms with E-state index in [2.05, 4.69) is 10.6 Å². The minimum absolute atomic E-state index is 0.0585. The first-order chi connectivity index (χ1) is 8.96. The lowest BCUT2D eigenvalue weighted by atomic mass is 9.53. The van der Waals surface area contributed by atoms with Crippen LogP contribution in [0.4, 0.5) is 4.79 Å². The summed E-state index contributed by atoms with van der Waals surface area (Å²) in [6.07, 6.45) is 7.21. The molecule has 0 heterocycles. The molecule has 2 amide bonds. The summed E-state index contributed by atoms with van der Waals surface area (Å²) >= 11 is 0. The van der Waals surface area contributed by atoms with E-state index in [-0.39, 0.29) is 11.6 Å². The van der Waals surface area contributed by atoms with E-state index in [0.29, 0.717) is 0 Å². The molecule has 5 nitrogen and oxygen atoms in total. The van der Waals surface area contributed by atoms with E-state index in [1.807, 2.05) is 0 Å². The average Bonchev–Trinajstić information content (AvgIpc) is 2.25. The van der Waals surface area contributed by atoms with Crippen LogP contribution in [-0.4, -0.2) is 28.7 Å². The maximum absolute atomic E-state index is 12.0. The van der Waals surface area contributed by atoms with Crippen LogP contribution in [0.5, 0.6) is 0 Å². The Bertz CT molecular complexity index is 372. The van der Waals surface area contributed by atoms with E-state index < -0.39 is 12.0 Å². The van der Waals surface area contributed by atoms with Crippen molar-refractivity contribution in [3.8, 4) is 0 Å². The van der Waals surface area contributed by atoms with Gasteiger partial charge in [0.05, 0.1) is 0 Å². The summed E-state index contributed by atoms with van der Waals surface area (Å²) < 4.78 is 0. The van der Waals surface area contributed by atoms with E-state index in [0.717, 1.165) is 37.0 Å². The molecule has 1 atom stereocenters. The zero-order chi connectivity index (χ0) is 13.6. The zero-order valence-electron chi connectivity index (χ0n) is 11.3. The summed E-state index contributed by atoms with van der Waals surface area (Å²) in [5.41, 5.74) is -0.0585. The molecule has 4 saturated carbocycles. The Morgan fingerprint density at radius 2 is 1.58 bits per heavy atom. The van der Waals surface area contributed by atoms with Crippen molar-refractivity contribution in [3.63, 3.8) is 0 Å². The first-order valence-electron chi connectivity index (χ1n) is 7.27. The molecule has 0 aromatic heterocycles. The average molecular weight is 266 g/mol. The monoisotopic (exact) mass is 266 g/mol. The van der Waals surface area contributed by atoms with Crippen LogP contribution in [0.3, 0.4) is 0 Å². The maximum atomic E-state index is 12.0. The van der Waals surface area contributed by atoms with Crippen molar-refractivity contribution in [2.45, 2.75) is 57.0 Å². The predicted octanol–water partition coefficient (Wildman–Crippen LogP) is 1.73. The summed E-state index contributed by atoms with van der Waals surface area (Å²) in [5.74, 6) is 1.30. The van der Waals surface area contributed by atoms with Gasteiger partial charge in [-0.2, -0.15) is 0 Å². The Morgan fingerprint density at radius 1 is 1.11 bits per heavy atom. The maximum Gasteiger partial charge on any atom is 0.325 e. The number of nitrogens with one attached hydrogen (secondary N) is 2. The Balaban J connectivity index is 1.63. The van der Waals surface area contributed by atoms with Gasteiger partial charge in [-0.25, -0.2) is 4.79 Å². The Morgan fingerprint density at radius 3 is 2.00 bits per heavy atom. The summed E-state index contributed by atoms with van der Waals surface area (Å²) in [7, 11) is 0. The van der Waals surface area contributed by atoms with Crippen LogP contribution in [0, 0.1) is 17.8 Å². The normalized spacial score (nSPS) is 40.8. The van der Waals surface area contributed by atoms with Crippen LogP contribution in [-0.2, 0) is 4.79 Å². The fourth-order valence-corrected chi connectivity index (χ4v) is 4.80. The standard InChI is InChI=1S/C14H22N2O3/c1-8(12(17)18)15-13(19)16-14-5-9-2-10(6-14)4-11(3-9)7-14/h8-11H,2-7H2,1H3,(H,17,18)(H2,15,16,19)/t8-,9?,10?,11?,14?/m0/s1. The minimum atomic E-state index is -0.999. The molecule has 5 heteroatoms. The highest BCUT2D eigenvalue weighted by Crippen LogP contribution is 2.55. The molecule has 0 spiro atoms. The number of urea groups is 1. The van der Waals surface area contributed by atoms with Crippen LogP contribution >= 0.6 is 0 Å². The Labute approximate surface area is 113 Å². The van der Waals surface area contributed by atoms with Gasteiger partial charge >= 0.3 is 12.0 Å². The van der Waals surface area contributed by atoms with Gasteiger partial charge in [0, 0.05) is 5.54 Å². The van der Waals surface area contributed by atoms with Gasteiger partial charge in [-0.3, -0.25) is 4.79 Å². The van der Waals surface area contributed by atoms with Crippen LogP contribution in [0.25, 0.3) is 0 Å². The molecule has 19 heavy (non-hydrogen) atoms. The summed E-state index contributed by atoms with van der Waals surface area (Å²) in [4.78, 5) is 22.7. The quantitative estimate of drug-likeness (QED) is 0.728. The van der Waals surface area contributed by atoms with Crippen LogP contribution in [0.2, 0.25) is 0 Å². The Hall–Kier alpha value is -1.26. The van der Waals surface area contributed by atoms with Gasteiger partial charge in [0.1, 0.15) is 6.04 Å². The van der Waals surface area contributed by atoms with Gasteiger partial charge in [-0.15, -0.1) is 0 Å². The molecule has 4 aliphatic rings. The molecular formula is C14H22N2O3. The number of carboxylic acid groups (broad SMARTS) is 1. The summed E-state index contributed by atoms with van der Waals surface area (Å²) in [6, 6.07) is -1.16. The lowest BCUT2D eigenvalue weighted by Crippen LogP contribution is -2.62. The highest BCUT2D eigenvalue weighted by Gasteiger charge is 2.51. The third-order valence-corrected chi connectivity index (χ3v) is 5.13. The molecule has 4 rings (SSSR count). The predicted molar refractivity (Wildman–Crippen MR) is 69.7 cm³/mol. The largest absolute Gasteiger partial charge is 0.480 e. The van der Waals surface area contributed by atoms with Gasteiger partial charge in [0.2, 0.25) is 0 Å². The van der Waals surface area contributed by atoms with Crippen molar-refractivity contribution in [2.75, 3.05) is 0 Å². The highest BCUT2D eigenvalue weighted by atomic mass is 16.4. The van der Waals surface area contributed by atoms with Crippen LogP contribution in [0.1, 0.15) is 45.4 Å². The second-order valence-electron chi connectivity index (χ2n) is 6.86. The fourth-order valence-electron chi connectivity index (χ4n) is 4.80. The third kappa shape index (κ3) is 2.42. The van der Waals surface area contributed by atoms with Gasteiger partial charge in [0.25, 0.3) is 0 Å². The highest BCUT2D eigenvalue weighted by molar-refractivity contribution is 5.82. The van der Waals surface area contributed by atoms with E-state index in [1.54, 1.807) is 0 Å². The molecule has 0 unspecified atom stereocenters. The van der Waals surface area contributed by atoms with Crippen LogP contribution < -0.4 is 10.6 Å². The molecule has 0 aromatic carbocycles. The van der Waals surface area contributed by atoms with Crippen molar-refractivity contribution in [2.24, 2.45) is 17.8 Å². The van der Waals surface area contributed by atoms with E-state index in [4.69, 9.17) is 5.11 Å². The van der Waals surface area contributed by atoms with E-state index in [9.17, 15) is 9.59 Å². The zero-order valence-corrected chi connectivity index (χ0v) is 11.3. The molecule has 4 bridgehead atoms. The number of carbonyl (C=O) groups excluding carboxylic acids is 1. The Kier molecular flexibility index (Phi) is 2.95. The van der Waals surface area contributed by atoms with E-state index >= 15 is 0 Å². The SMILES string of the molecule is C[C@H](NC(=O)NC12CC3CC(CC(C3)C1)C2)C(=O)O. The van der Waals surface area contributed by atoms with Crippen molar-refractivity contribution in [1.82, 2.24) is 10.6 Å². The summed E-state index contributed by atoms with van der Waals surface area (Å²) in [5, 5.41) is 14.4. The van der Waals surface area contributed by atoms with Crippen molar-refractivity contribution < 1.29 is 14.7 Å².